The van der Waals surface area contributed by atoms with Crippen LogP contribution in [0.1, 0.15) is 15.6 Å². The number of thiazole rings is 1. The van der Waals surface area contributed by atoms with E-state index in [1.165, 1.54) is 18.3 Å². The van der Waals surface area contributed by atoms with Crippen molar-refractivity contribution in [1.29, 1.82) is 5.26 Å². The summed E-state index contributed by atoms with van der Waals surface area (Å²) < 4.78 is 37.8. The van der Waals surface area contributed by atoms with Crippen LogP contribution in [0.5, 0.6) is 0 Å². The fourth-order valence-electron chi connectivity index (χ4n) is 1.43. The molecular formula is C13H7ClF3N3S. The Bertz CT molecular complexity index is 699. The number of hydrogen-bond acceptors (Lipinski definition) is 4. The summed E-state index contributed by atoms with van der Waals surface area (Å²) >= 11 is 6.41. The van der Waals surface area contributed by atoms with Gasteiger partial charge in [-0.3, -0.25) is 0 Å². The fraction of sp³-hybridized carbons (Fsp3) is 0.0769. The van der Waals surface area contributed by atoms with Gasteiger partial charge in [-0.1, -0.05) is 11.6 Å². The highest BCUT2D eigenvalue weighted by atomic mass is 35.5. The van der Waals surface area contributed by atoms with E-state index in [1.807, 2.05) is 0 Å². The molecule has 2 aromatic rings. The molecule has 0 saturated heterocycles. The van der Waals surface area contributed by atoms with Crippen LogP contribution in [-0.4, -0.2) is 4.98 Å². The number of nitriles is 1. The molecule has 0 radical (unpaired) electrons. The van der Waals surface area contributed by atoms with E-state index in [0.29, 0.717) is 16.4 Å². The zero-order chi connectivity index (χ0) is 15.5. The van der Waals surface area contributed by atoms with E-state index in [0.717, 1.165) is 5.69 Å². The van der Waals surface area contributed by atoms with Gasteiger partial charge in [-0.15, -0.1) is 11.3 Å². The molecule has 108 valence electrons. The van der Waals surface area contributed by atoms with Gasteiger partial charge in [-0.2, -0.15) is 18.4 Å². The number of aromatic nitrogens is 1. The Morgan fingerprint density at radius 2 is 1.95 bits per heavy atom. The second-order valence-electron chi connectivity index (χ2n) is 3.82. The van der Waals surface area contributed by atoms with Crippen LogP contribution in [0.25, 0.3) is 6.08 Å². The first-order valence-corrected chi connectivity index (χ1v) is 6.76. The van der Waals surface area contributed by atoms with E-state index in [2.05, 4.69) is 10.3 Å². The van der Waals surface area contributed by atoms with Gasteiger partial charge in [-0.25, -0.2) is 4.98 Å². The molecule has 0 bridgehead atoms. The first kappa shape index (κ1) is 15.4. The van der Waals surface area contributed by atoms with Gasteiger partial charge in [0.05, 0.1) is 0 Å². The molecular weight excluding hydrogens is 323 g/mol. The average molecular weight is 330 g/mol. The summed E-state index contributed by atoms with van der Waals surface area (Å²) in [6, 6.07) is 8.30. The molecule has 1 N–H and O–H groups in total. The first-order valence-electron chi connectivity index (χ1n) is 5.57. The van der Waals surface area contributed by atoms with Crippen molar-refractivity contribution in [2.75, 3.05) is 5.32 Å². The summed E-state index contributed by atoms with van der Waals surface area (Å²) in [4.78, 5) is 2.97. The molecule has 1 heterocycles. The van der Waals surface area contributed by atoms with Crippen molar-refractivity contribution in [3.8, 4) is 6.07 Å². The van der Waals surface area contributed by atoms with Gasteiger partial charge >= 0.3 is 6.18 Å². The van der Waals surface area contributed by atoms with Crippen LogP contribution < -0.4 is 5.32 Å². The number of halogens is 4. The van der Waals surface area contributed by atoms with Gasteiger partial charge in [0.15, 0.2) is 5.69 Å². The summed E-state index contributed by atoms with van der Waals surface area (Å²) in [5, 5.41) is 12.2. The third-order valence-corrected chi connectivity index (χ3v) is 3.51. The highest BCUT2D eigenvalue weighted by molar-refractivity contribution is 7.13. The molecule has 0 amide bonds. The van der Waals surface area contributed by atoms with Gasteiger partial charge in [0.25, 0.3) is 0 Å². The van der Waals surface area contributed by atoms with Gasteiger partial charge in [0.1, 0.15) is 16.0 Å². The van der Waals surface area contributed by atoms with Crippen molar-refractivity contribution in [1.82, 2.24) is 4.98 Å². The second-order valence-corrected chi connectivity index (χ2v) is 5.29. The van der Waals surface area contributed by atoms with E-state index in [4.69, 9.17) is 16.9 Å². The minimum absolute atomic E-state index is 0.0975. The number of benzene rings is 1. The van der Waals surface area contributed by atoms with E-state index >= 15 is 0 Å². The Balaban J connectivity index is 2.13. The monoisotopic (exact) mass is 329 g/mol. The fourth-order valence-corrected chi connectivity index (χ4v) is 2.34. The van der Waals surface area contributed by atoms with Crippen LogP contribution in [0.3, 0.4) is 0 Å². The summed E-state index contributed by atoms with van der Waals surface area (Å²) in [5.74, 6) is 0. The third-order valence-electron chi connectivity index (χ3n) is 2.33. The smallest absolute Gasteiger partial charge is 0.362 e. The SMILES string of the molecule is N#Cc1sc(C=CNc2ccc(Cl)cc2)nc1C(F)(F)F. The maximum Gasteiger partial charge on any atom is 0.435 e. The van der Waals surface area contributed by atoms with Crippen LogP contribution in [0.15, 0.2) is 30.5 Å². The number of alkyl halides is 3. The summed E-state index contributed by atoms with van der Waals surface area (Å²) in [5.41, 5.74) is -0.426. The Hall–Kier alpha value is -2.04. The van der Waals surface area contributed by atoms with Crippen LogP contribution in [0.2, 0.25) is 5.02 Å². The maximum absolute atomic E-state index is 12.6. The zero-order valence-corrected chi connectivity index (χ0v) is 11.9. The van der Waals surface area contributed by atoms with Crippen molar-refractivity contribution in [3.05, 3.63) is 51.1 Å². The van der Waals surface area contributed by atoms with Crippen molar-refractivity contribution >= 4 is 34.7 Å². The predicted octanol–water partition coefficient (Wildman–Crippen LogP) is 4.77. The predicted molar refractivity (Wildman–Crippen MR) is 75.9 cm³/mol. The van der Waals surface area contributed by atoms with Gasteiger partial charge in [0.2, 0.25) is 0 Å². The summed E-state index contributed by atoms with van der Waals surface area (Å²) in [6.45, 7) is 0. The lowest BCUT2D eigenvalue weighted by Gasteiger charge is -2.01. The number of anilines is 1. The Labute approximate surface area is 127 Å². The quantitative estimate of drug-likeness (QED) is 0.882. The lowest BCUT2D eigenvalue weighted by atomic mass is 10.3. The summed E-state index contributed by atoms with van der Waals surface area (Å²) in [7, 11) is 0. The highest BCUT2D eigenvalue weighted by Gasteiger charge is 2.37. The molecule has 0 fully saturated rings. The molecule has 1 aromatic heterocycles. The zero-order valence-electron chi connectivity index (χ0n) is 10.3. The van der Waals surface area contributed by atoms with E-state index in [1.54, 1.807) is 24.3 Å². The average Bonchev–Trinajstić information content (AvgIpc) is 2.84. The number of nitrogens with zero attached hydrogens (tertiary/aromatic N) is 2. The van der Waals surface area contributed by atoms with Crippen LogP contribution in [-0.2, 0) is 6.18 Å². The molecule has 0 aliphatic carbocycles. The Morgan fingerprint density at radius 1 is 1.29 bits per heavy atom. The standard InChI is InChI=1S/C13H7ClF3N3S/c14-8-1-3-9(4-2-8)19-6-5-11-20-12(13(15,16)17)10(7-18)21-11/h1-6,19H. The van der Waals surface area contributed by atoms with Crippen LogP contribution >= 0.6 is 22.9 Å². The molecule has 0 saturated carbocycles. The molecule has 1 aromatic carbocycles. The van der Waals surface area contributed by atoms with Crippen LogP contribution in [0.4, 0.5) is 18.9 Å². The highest BCUT2D eigenvalue weighted by Crippen LogP contribution is 2.34. The van der Waals surface area contributed by atoms with E-state index in [9.17, 15) is 13.2 Å². The number of hydrogen-bond donors (Lipinski definition) is 1. The van der Waals surface area contributed by atoms with Crippen molar-refractivity contribution in [2.24, 2.45) is 0 Å². The van der Waals surface area contributed by atoms with Crippen molar-refractivity contribution < 1.29 is 13.2 Å². The normalized spacial score (nSPS) is 11.6. The molecule has 3 nitrogen and oxygen atoms in total. The van der Waals surface area contributed by atoms with Gasteiger partial charge in [-0.05, 0) is 30.3 Å². The molecule has 0 unspecified atom stereocenters. The van der Waals surface area contributed by atoms with Crippen molar-refractivity contribution in [3.63, 3.8) is 0 Å². The minimum Gasteiger partial charge on any atom is -0.362 e. The van der Waals surface area contributed by atoms with E-state index < -0.39 is 16.7 Å². The molecule has 0 aliphatic rings. The molecule has 0 aliphatic heterocycles. The largest absolute Gasteiger partial charge is 0.435 e. The second kappa shape index (κ2) is 6.16. The molecule has 0 spiro atoms. The van der Waals surface area contributed by atoms with Crippen molar-refractivity contribution in [2.45, 2.75) is 6.18 Å². The van der Waals surface area contributed by atoms with E-state index in [-0.39, 0.29) is 5.01 Å². The molecule has 21 heavy (non-hydrogen) atoms. The number of nitrogens with one attached hydrogen (secondary N) is 1. The van der Waals surface area contributed by atoms with Crippen LogP contribution in [0, 0.1) is 11.3 Å². The third kappa shape index (κ3) is 3.97. The van der Waals surface area contributed by atoms with Gasteiger partial charge < -0.3 is 5.32 Å². The maximum atomic E-state index is 12.6. The summed E-state index contributed by atoms with van der Waals surface area (Å²) in [6.07, 6.45) is -1.81. The first-order chi connectivity index (χ1) is 9.90. The molecule has 2 rings (SSSR count). The Kier molecular flexibility index (Phi) is 4.50. The topological polar surface area (TPSA) is 48.7 Å². The Morgan fingerprint density at radius 3 is 2.48 bits per heavy atom. The lowest BCUT2D eigenvalue weighted by molar-refractivity contribution is -0.140. The lowest BCUT2D eigenvalue weighted by Crippen LogP contribution is -2.07. The molecule has 0 atom stereocenters. The minimum atomic E-state index is -4.63. The number of rotatable bonds is 3. The van der Waals surface area contributed by atoms with Gasteiger partial charge in [0, 0.05) is 16.9 Å². The molecule has 8 heteroatoms.